The van der Waals surface area contributed by atoms with Crippen LogP contribution in [0.4, 0.5) is 0 Å². The first-order chi connectivity index (χ1) is 9.04. The Morgan fingerprint density at radius 1 is 1.42 bits per heavy atom. The van der Waals surface area contributed by atoms with Gasteiger partial charge in [-0.05, 0) is 44.9 Å². The molecular weight excluding hydrogens is 380 g/mol. The highest BCUT2D eigenvalue weighted by Gasteiger charge is 2.20. The number of rotatable bonds is 4. The van der Waals surface area contributed by atoms with Gasteiger partial charge in [0.15, 0.2) is 5.82 Å². The number of carboxylic acid groups (broad SMARTS) is 1. The standard InChI is InChI=1S/C11H10Br2N4O2/c1-2-3-9-14-15-16-17(9)10-7(11(18)19)4-6(12)5-8(10)13/h4-5H,2-3H2,1H3,(H,18,19). The van der Waals surface area contributed by atoms with Crippen LogP contribution in [0.5, 0.6) is 0 Å². The minimum atomic E-state index is -1.03. The monoisotopic (exact) mass is 388 g/mol. The van der Waals surface area contributed by atoms with Gasteiger partial charge in [-0.15, -0.1) is 5.10 Å². The van der Waals surface area contributed by atoms with E-state index in [-0.39, 0.29) is 5.56 Å². The van der Waals surface area contributed by atoms with Crippen molar-refractivity contribution in [1.82, 2.24) is 20.2 Å². The number of carboxylic acids is 1. The predicted molar refractivity (Wildman–Crippen MR) is 75.5 cm³/mol. The fraction of sp³-hybridized carbons (Fsp3) is 0.273. The van der Waals surface area contributed by atoms with Crippen molar-refractivity contribution >= 4 is 37.8 Å². The topological polar surface area (TPSA) is 80.9 Å². The Morgan fingerprint density at radius 3 is 2.79 bits per heavy atom. The van der Waals surface area contributed by atoms with E-state index in [4.69, 9.17) is 0 Å². The molecule has 0 saturated carbocycles. The van der Waals surface area contributed by atoms with E-state index >= 15 is 0 Å². The van der Waals surface area contributed by atoms with Crippen molar-refractivity contribution in [2.45, 2.75) is 19.8 Å². The Balaban J connectivity index is 2.67. The molecule has 0 atom stereocenters. The molecule has 0 fully saturated rings. The van der Waals surface area contributed by atoms with E-state index in [1.807, 2.05) is 6.92 Å². The van der Waals surface area contributed by atoms with Crippen LogP contribution in [0.15, 0.2) is 21.1 Å². The molecule has 8 heteroatoms. The van der Waals surface area contributed by atoms with Gasteiger partial charge in [-0.2, -0.15) is 4.68 Å². The van der Waals surface area contributed by atoms with Crippen LogP contribution in [0.1, 0.15) is 29.5 Å². The summed E-state index contributed by atoms with van der Waals surface area (Å²) >= 11 is 6.64. The average molecular weight is 390 g/mol. The van der Waals surface area contributed by atoms with Crippen LogP contribution in [-0.4, -0.2) is 31.3 Å². The van der Waals surface area contributed by atoms with E-state index in [2.05, 4.69) is 47.4 Å². The second-order valence-electron chi connectivity index (χ2n) is 3.85. The maximum Gasteiger partial charge on any atom is 0.337 e. The van der Waals surface area contributed by atoms with Crippen LogP contribution in [0.25, 0.3) is 5.69 Å². The fourth-order valence-corrected chi connectivity index (χ4v) is 3.10. The molecule has 0 aliphatic carbocycles. The van der Waals surface area contributed by atoms with Gasteiger partial charge in [-0.1, -0.05) is 22.9 Å². The van der Waals surface area contributed by atoms with E-state index in [1.165, 1.54) is 10.7 Å². The molecule has 0 saturated heterocycles. The van der Waals surface area contributed by atoms with Gasteiger partial charge >= 0.3 is 5.97 Å². The van der Waals surface area contributed by atoms with Crippen LogP contribution in [0.2, 0.25) is 0 Å². The average Bonchev–Trinajstić information content (AvgIpc) is 2.76. The molecule has 2 rings (SSSR count). The lowest BCUT2D eigenvalue weighted by Gasteiger charge is -2.10. The Hall–Kier alpha value is -1.28. The third kappa shape index (κ3) is 2.84. The van der Waals surface area contributed by atoms with Crippen molar-refractivity contribution in [2.75, 3.05) is 0 Å². The highest BCUT2D eigenvalue weighted by atomic mass is 79.9. The molecule has 0 bridgehead atoms. The molecule has 0 amide bonds. The highest BCUT2D eigenvalue weighted by Crippen LogP contribution is 2.29. The Bertz CT molecular complexity index is 627. The molecule has 0 aliphatic rings. The predicted octanol–water partition coefficient (Wildman–Crippen LogP) is 2.84. The molecule has 0 radical (unpaired) electrons. The molecule has 0 spiro atoms. The minimum Gasteiger partial charge on any atom is -0.478 e. The van der Waals surface area contributed by atoms with Crippen LogP contribution >= 0.6 is 31.9 Å². The number of nitrogens with zero attached hydrogens (tertiary/aromatic N) is 4. The van der Waals surface area contributed by atoms with Gasteiger partial charge in [-0.25, -0.2) is 4.79 Å². The Kier molecular flexibility index (Phi) is 4.31. The van der Waals surface area contributed by atoms with Crippen molar-refractivity contribution in [3.05, 3.63) is 32.5 Å². The smallest absolute Gasteiger partial charge is 0.337 e. The SMILES string of the molecule is CCCc1nnnn1-c1c(Br)cc(Br)cc1C(=O)O. The van der Waals surface area contributed by atoms with Gasteiger partial charge < -0.3 is 5.11 Å². The van der Waals surface area contributed by atoms with Gasteiger partial charge in [0, 0.05) is 15.4 Å². The first-order valence-corrected chi connectivity index (χ1v) is 7.13. The summed E-state index contributed by atoms with van der Waals surface area (Å²) in [5, 5.41) is 20.7. The van der Waals surface area contributed by atoms with E-state index in [9.17, 15) is 9.90 Å². The third-order valence-electron chi connectivity index (χ3n) is 2.48. The molecule has 1 N–H and O–H groups in total. The molecule has 0 aliphatic heterocycles. The van der Waals surface area contributed by atoms with Crippen LogP contribution in [0.3, 0.4) is 0 Å². The maximum absolute atomic E-state index is 11.4. The van der Waals surface area contributed by atoms with Gasteiger partial charge in [0.25, 0.3) is 0 Å². The normalized spacial score (nSPS) is 10.7. The summed E-state index contributed by atoms with van der Waals surface area (Å²) in [6, 6.07) is 3.29. The molecule has 1 aromatic heterocycles. The largest absolute Gasteiger partial charge is 0.478 e. The second-order valence-corrected chi connectivity index (χ2v) is 5.62. The van der Waals surface area contributed by atoms with Gasteiger partial charge in [0.2, 0.25) is 0 Å². The highest BCUT2D eigenvalue weighted by molar-refractivity contribution is 9.11. The number of halogens is 2. The summed E-state index contributed by atoms with van der Waals surface area (Å²) in [6.45, 7) is 2.01. The number of tetrazole rings is 1. The number of hydrogen-bond acceptors (Lipinski definition) is 4. The zero-order valence-electron chi connectivity index (χ0n) is 9.97. The molecule has 1 aromatic carbocycles. The number of hydrogen-bond donors (Lipinski definition) is 1. The van der Waals surface area contributed by atoms with Gasteiger partial charge in [0.1, 0.15) is 0 Å². The number of aryl methyl sites for hydroxylation is 1. The van der Waals surface area contributed by atoms with Crippen molar-refractivity contribution in [3.63, 3.8) is 0 Å². The zero-order chi connectivity index (χ0) is 14.0. The van der Waals surface area contributed by atoms with Gasteiger partial charge in [-0.3, -0.25) is 0 Å². The van der Waals surface area contributed by atoms with Crippen molar-refractivity contribution in [3.8, 4) is 5.69 Å². The number of aromatic carboxylic acids is 1. The lowest BCUT2D eigenvalue weighted by Crippen LogP contribution is -2.11. The number of carbonyl (C=O) groups is 1. The minimum absolute atomic E-state index is 0.130. The van der Waals surface area contributed by atoms with Crippen LogP contribution < -0.4 is 0 Å². The van der Waals surface area contributed by atoms with E-state index in [1.54, 1.807) is 6.07 Å². The van der Waals surface area contributed by atoms with Crippen LogP contribution in [-0.2, 0) is 6.42 Å². The number of benzene rings is 1. The first-order valence-electron chi connectivity index (χ1n) is 5.54. The van der Waals surface area contributed by atoms with Gasteiger partial charge in [0.05, 0.1) is 11.3 Å². The summed E-state index contributed by atoms with van der Waals surface area (Å²) < 4.78 is 2.75. The van der Waals surface area contributed by atoms with E-state index < -0.39 is 5.97 Å². The fourth-order valence-electron chi connectivity index (χ4n) is 1.70. The first kappa shape index (κ1) is 14.1. The summed E-state index contributed by atoms with van der Waals surface area (Å²) in [7, 11) is 0. The lowest BCUT2D eigenvalue weighted by atomic mass is 10.1. The number of aromatic nitrogens is 4. The molecule has 100 valence electrons. The van der Waals surface area contributed by atoms with Crippen molar-refractivity contribution in [2.24, 2.45) is 0 Å². The summed E-state index contributed by atoms with van der Waals surface area (Å²) in [5.41, 5.74) is 0.565. The summed E-state index contributed by atoms with van der Waals surface area (Å²) in [4.78, 5) is 11.4. The zero-order valence-corrected chi connectivity index (χ0v) is 13.1. The molecular formula is C11H10Br2N4O2. The summed E-state index contributed by atoms with van der Waals surface area (Å²) in [5.74, 6) is -0.400. The molecule has 0 unspecified atom stereocenters. The van der Waals surface area contributed by atoms with E-state index in [0.717, 1.165) is 6.42 Å². The second kappa shape index (κ2) is 5.79. The molecule has 6 nitrogen and oxygen atoms in total. The summed E-state index contributed by atoms with van der Waals surface area (Å²) in [6.07, 6.45) is 1.55. The molecule has 2 aromatic rings. The van der Waals surface area contributed by atoms with Crippen LogP contribution in [0, 0.1) is 0 Å². The van der Waals surface area contributed by atoms with E-state index in [0.29, 0.717) is 26.9 Å². The van der Waals surface area contributed by atoms with Crippen molar-refractivity contribution < 1.29 is 9.90 Å². The quantitative estimate of drug-likeness (QED) is 0.869. The maximum atomic E-state index is 11.4. The molecule has 1 heterocycles. The molecule has 19 heavy (non-hydrogen) atoms. The Morgan fingerprint density at radius 2 is 2.16 bits per heavy atom. The third-order valence-corrected chi connectivity index (χ3v) is 3.54. The lowest BCUT2D eigenvalue weighted by molar-refractivity contribution is 0.0696. The Labute approximate surface area is 126 Å². The van der Waals surface area contributed by atoms with Crippen molar-refractivity contribution in [1.29, 1.82) is 0 Å².